The number of thiophene rings is 1. The van der Waals surface area contributed by atoms with Crippen LogP contribution in [0.4, 0.5) is 0 Å². The molecule has 0 radical (unpaired) electrons. The SMILES string of the molecule is Cc1ccc(-c2sc(C(C)C)nc2C(=O)O)s1. The molecular formula is C12H13NO2S2. The third-order valence-electron chi connectivity index (χ3n) is 2.30. The first-order chi connectivity index (χ1) is 7.99. The van der Waals surface area contributed by atoms with Gasteiger partial charge < -0.3 is 5.11 Å². The predicted molar refractivity (Wildman–Crippen MR) is 71.2 cm³/mol. The second-order valence-corrected chi connectivity index (χ2v) is 6.42. The van der Waals surface area contributed by atoms with Gasteiger partial charge in [-0.1, -0.05) is 13.8 Å². The van der Waals surface area contributed by atoms with E-state index in [1.807, 2.05) is 32.9 Å². The molecule has 2 rings (SSSR count). The Morgan fingerprint density at radius 1 is 1.35 bits per heavy atom. The van der Waals surface area contributed by atoms with Crippen molar-refractivity contribution in [3.05, 3.63) is 27.7 Å². The standard InChI is InChI=1S/C12H13NO2S2/c1-6(2)11-13-9(12(14)15)10(17-11)8-5-4-7(3)16-8/h4-6H,1-3H3,(H,14,15). The molecule has 0 fully saturated rings. The van der Waals surface area contributed by atoms with E-state index in [2.05, 4.69) is 4.98 Å². The lowest BCUT2D eigenvalue weighted by Crippen LogP contribution is -1.99. The summed E-state index contributed by atoms with van der Waals surface area (Å²) in [4.78, 5) is 18.4. The molecule has 2 heterocycles. The first-order valence-corrected chi connectivity index (χ1v) is 6.93. The van der Waals surface area contributed by atoms with Gasteiger partial charge in [-0.15, -0.1) is 22.7 Å². The van der Waals surface area contributed by atoms with Crippen molar-refractivity contribution in [1.82, 2.24) is 4.98 Å². The summed E-state index contributed by atoms with van der Waals surface area (Å²) in [6.45, 7) is 6.06. The summed E-state index contributed by atoms with van der Waals surface area (Å²) in [6, 6.07) is 3.96. The van der Waals surface area contributed by atoms with E-state index in [9.17, 15) is 9.90 Å². The molecule has 0 amide bonds. The number of rotatable bonds is 3. The molecule has 0 unspecified atom stereocenters. The molecule has 0 spiro atoms. The monoisotopic (exact) mass is 267 g/mol. The van der Waals surface area contributed by atoms with Crippen molar-refractivity contribution in [3.8, 4) is 9.75 Å². The van der Waals surface area contributed by atoms with Crippen molar-refractivity contribution in [2.75, 3.05) is 0 Å². The molecule has 1 N–H and O–H groups in total. The Labute approximate surface area is 108 Å². The summed E-state index contributed by atoms with van der Waals surface area (Å²) < 4.78 is 0. The maximum Gasteiger partial charge on any atom is 0.356 e. The summed E-state index contributed by atoms with van der Waals surface area (Å²) >= 11 is 3.09. The Balaban J connectivity index is 2.55. The van der Waals surface area contributed by atoms with E-state index >= 15 is 0 Å². The second-order valence-electron chi connectivity index (χ2n) is 4.10. The molecule has 2 aromatic rings. The van der Waals surface area contributed by atoms with Crippen LogP contribution in [0.25, 0.3) is 9.75 Å². The Morgan fingerprint density at radius 2 is 2.06 bits per heavy atom. The average Bonchev–Trinajstić information content (AvgIpc) is 2.82. The molecule has 0 aliphatic heterocycles. The number of carboxylic acids is 1. The molecule has 5 heteroatoms. The number of aromatic carboxylic acids is 1. The third kappa shape index (κ3) is 2.40. The Bertz CT molecular complexity index is 555. The van der Waals surface area contributed by atoms with Gasteiger partial charge in [0.15, 0.2) is 5.69 Å². The van der Waals surface area contributed by atoms with Crippen LogP contribution in [0.1, 0.15) is 40.1 Å². The van der Waals surface area contributed by atoms with Crippen molar-refractivity contribution >= 4 is 28.6 Å². The summed E-state index contributed by atoms with van der Waals surface area (Å²) in [6.07, 6.45) is 0. The molecule has 2 aromatic heterocycles. The fourth-order valence-electron chi connectivity index (χ4n) is 1.45. The van der Waals surface area contributed by atoms with Gasteiger partial charge in [-0.2, -0.15) is 0 Å². The maximum absolute atomic E-state index is 11.2. The summed E-state index contributed by atoms with van der Waals surface area (Å²) in [5.41, 5.74) is 0.181. The number of carbonyl (C=O) groups is 1. The second kappa shape index (κ2) is 4.58. The molecule has 0 saturated carbocycles. The number of hydrogen-bond acceptors (Lipinski definition) is 4. The van der Waals surface area contributed by atoms with Crippen molar-refractivity contribution in [1.29, 1.82) is 0 Å². The average molecular weight is 267 g/mol. The van der Waals surface area contributed by atoms with Crippen molar-refractivity contribution in [2.24, 2.45) is 0 Å². The van der Waals surface area contributed by atoms with Crippen LogP contribution in [0.15, 0.2) is 12.1 Å². The molecule has 0 atom stereocenters. The smallest absolute Gasteiger partial charge is 0.356 e. The van der Waals surface area contributed by atoms with Gasteiger partial charge in [0.2, 0.25) is 0 Å². The van der Waals surface area contributed by atoms with E-state index in [-0.39, 0.29) is 11.6 Å². The first kappa shape index (κ1) is 12.3. The van der Waals surface area contributed by atoms with E-state index in [1.165, 1.54) is 16.2 Å². The van der Waals surface area contributed by atoms with E-state index in [4.69, 9.17) is 0 Å². The van der Waals surface area contributed by atoms with Crippen LogP contribution in [-0.2, 0) is 0 Å². The van der Waals surface area contributed by atoms with Crippen LogP contribution in [-0.4, -0.2) is 16.1 Å². The highest BCUT2D eigenvalue weighted by Gasteiger charge is 2.20. The summed E-state index contributed by atoms with van der Waals surface area (Å²) in [5, 5.41) is 10.1. The van der Waals surface area contributed by atoms with Gasteiger partial charge >= 0.3 is 5.97 Å². The van der Waals surface area contributed by atoms with Crippen LogP contribution in [0.3, 0.4) is 0 Å². The highest BCUT2D eigenvalue weighted by molar-refractivity contribution is 7.22. The lowest BCUT2D eigenvalue weighted by atomic mass is 10.2. The number of thiazole rings is 1. The molecule has 0 aromatic carbocycles. The highest BCUT2D eigenvalue weighted by atomic mass is 32.1. The lowest BCUT2D eigenvalue weighted by molar-refractivity contribution is 0.0692. The summed E-state index contributed by atoms with van der Waals surface area (Å²) in [5.74, 6) is -0.692. The van der Waals surface area contributed by atoms with Gasteiger partial charge in [-0.3, -0.25) is 0 Å². The fourth-order valence-corrected chi connectivity index (χ4v) is 3.49. The third-order valence-corrected chi connectivity index (χ3v) is 4.84. The lowest BCUT2D eigenvalue weighted by Gasteiger charge is -1.95. The minimum absolute atomic E-state index is 0.181. The van der Waals surface area contributed by atoms with Crippen LogP contribution >= 0.6 is 22.7 Å². The minimum Gasteiger partial charge on any atom is -0.476 e. The number of hydrogen-bond donors (Lipinski definition) is 1. The molecular weight excluding hydrogens is 254 g/mol. The van der Waals surface area contributed by atoms with Crippen LogP contribution < -0.4 is 0 Å². The van der Waals surface area contributed by atoms with E-state index < -0.39 is 5.97 Å². The number of carboxylic acid groups (broad SMARTS) is 1. The van der Waals surface area contributed by atoms with Gasteiger partial charge in [-0.25, -0.2) is 9.78 Å². The van der Waals surface area contributed by atoms with Gasteiger partial charge in [0, 0.05) is 15.7 Å². The van der Waals surface area contributed by atoms with Gasteiger partial charge in [0.1, 0.15) is 0 Å². The fraction of sp³-hybridized carbons (Fsp3) is 0.333. The molecule has 17 heavy (non-hydrogen) atoms. The van der Waals surface area contributed by atoms with Crippen LogP contribution in [0.2, 0.25) is 0 Å². The summed E-state index contributed by atoms with van der Waals surface area (Å²) in [7, 11) is 0. The van der Waals surface area contributed by atoms with Gasteiger partial charge in [0.25, 0.3) is 0 Å². The van der Waals surface area contributed by atoms with Crippen molar-refractivity contribution in [3.63, 3.8) is 0 Å². The van der Waals surface area contributed by atoms with Crippen LogP contribution in [0, 0.1) is 6.92 Å². The molecule has 0 saturated heterocycles. The Morgan fingerprint density at radius 3 is 2.53 bits per heavy atom. The maximum atomic E-state index is 11.2. The van der Waals surface area contributed by atoms with Gasteiger partial charge in [0.05, 0.1) is 9.88 Å². The zero-order valence-corrected chi connectivity index (χ0v) is 11.5. The number of aromatic nitrogens is 1. The normalized spacial score (nSPS) is 11.1. The predicted octanol–water partition coefficient (Wildman–Crippen LogP) is 4.00. The van der Waals surface area contributed by atoms with E-state index in [0.717, 1.165) is 14.8 Å². The molecule has 3 nitrogen and oxygen atoms in total. The minimum atomic E-state index is -0.950. The first-order valence-electron chi connectivity index (χ1n) is 5.30. The van der Waals surface area contributed by atoms with E-state index in [0.29, 0.717) is 0 Å². The number of aryl methyl sites for hydroxylation is 1. The molecule has 90 valence electrons. The largest absolute Gasteiger partial charge is 0.476 e. The Hall–Kier alpha value is -1.20. The van der Waals surface area contributed by atoms with Crippen molar-refractivity contribution in [2.45, 2.75) is 26.7 Å². The number of nitrogens with zero attached hydrogens (tertiary/aromatic N) is 1. The zero-order chi connectivity index (χ0) is 12.6. The van der Waals surface area contributed by atoms with Crippen LogP contribution in [0.5, 0.6) is 0 Å². The highest BCUT2D eigenvalue weighted by Crippen LogP contribution is 2.37. The topological polar surface area (TPSA) is 50.2 Å². The molecule has 0 aliphatic carbocycles. The van der Waals surface area contributed by atoms with Crippen molar-refractivity contribution < 1.29 is 9.90 Å². The van der Waals surface area contributed by atoms with E-state index in [1.54, 1.807) is 11.3 Å². The zero-order valence-electron chi connectivity index (χ0n) is 9.85. The quantitative estimate of drug-likeness (QED) is 0.914. The Kier molecular flexibility index (Phi) is 3.31. The molecule has 0 bridgehead atoms. The molecule has 0 aliphatic rings. The van der Waals surface area contributed by atoms with Gasteiger partial charge in [-0.05, 0) is 19.1 Å².